The van der Waals surface area contributed by atoms with Gasteiger partial charge in [-0.3, -0.25) is 14.2 Å². The van der Waals surface area contributed by atoms with Crippen molar-refractivity contribution in [3.05, 3.63) is 83.9 Å². The second-order valence-corrected chi connectivity index (χ2v) is 11.0. The monoisotopic (exact) mass is 591 g/mol. The maximum absolute atomic E-state index is 12.5. The first kappa shape index (κ1) is 29.5. The Morgan fingerprint density at radius 1 is 0.952 bits per heavy atom. The minimum absolute atomic E-state index is 0.0943. The SMILES string of the molecule is CC(=O)NCCSC[C@H]1O[C@@H](n2cnc3c(NCc4ccc(C(=O)NCc5ccccc5)cc4)ncnc32)[C@H](O)[C@@H]1O. The largest absolute Gasteiger partial charge is 0.387 e. The van der Waals surface area contributed by atoms with Crippen LogP contribution < -0.4 is 16.0 Å². The van der Waals surface area contributed by atoms with Gasteiger partial charge in [0.1, 0.15) is 18.5 Å². The van der Waals surface area contributed by atoms with Crippen LogP contribution in [0.1, 0.15) is 34.6 Å². The van der Waals surface area contributed by atoms with Gasteiger partial charge in [0.2, 0.25) is 5.91 Å². The molecule has 0 saturated carbocycles. The molecular formula is C29H33N7O5S. The second kappa shape index (κ2) is 13.7. The maximum atomic E-state index is 12.5. The summed E-state index contributed by atoms with van der Waals surface area (Å²) in [5.74, 6) is 1.38. The third-order valence-electron chi connectivity index (χ3n) is 6.84. The number of imidazole rings is 1. The third kappa shape index (κ3) is 7.05. The molecule has 13 heteroatoms. The number of fused-ring (bicyclic) bond motifs is 1. The molecule has 4 aromatic rings. The molecule has 1 aliphatic heterocycles. The summed E-state index contributed by atoms with van der Waals surface area (Å²) in [6.07, 6.45) is -0.792. The van der Waals surface area contributed by atoms with Gasteiger partial charge in [0, 0.05) is 43.6 Å². The third-order valence-corrected chi connectivity index (χ3v) is 7.90. The molecule has 5 rings (SSSR count). The molecule has 42 heavy (non-hydrogen) atoms. The molecular weight excluding hydrogens is 558 g/mol. The number of benzene rings is 2. The average Bonchev–Trinajstić information content (AvgIpc) is 3.56. The van der Waals surface area contributed by atoms with E-state index in [1.54, 1.807) is 16.7 Å². The second-order valence-electron chi connectivity index (χ2n) is 9.87. The van der Waals surface area contributed by atoms with Crippen LogP contribution in [0.25, 0.3) is 11.2 Å². The number of nitrogens with zero attached hydrogens (tertiary/aromatic N) is 4. The van der Waals surface area contributed by atoms with Gasteiger partial charge in [-0.15, -0.1) is 0 Å². The van der Waals surface area contributed by atoms with Crippen molar-refractivity contribution in [1.29, 1.82) is 0 Å². The molecule has 4 atom stereocenters. The average molecular weight is 592 g/mol. The Morgan fingerprint density at radius 3 is 2.48 bits per heavy atom. The summed E-state index contributed by atoms with van der Waals surface area (Å²) in [4.78, 5) is 36.7. The molecule has 2 amide bonds. The molecule has 5 N–H and O–H groups in total. The van der Waals surface area contributed by atoms with Crippen LogP contribution in [0.2, 0.25) is 0 Å². The Morgan fingerprint density at radius 2 is 1.71 bits per heavy atom. The fourth-order valence-electron chi connectivity index (χ4n) is 4.60. The van der Waals surface area contributed by atoms with Crippen LogP contribution in [0.4, 0.5) is 5.82 Å². The first-order valence-corrected chi connectivity index (χ1v) is 14.7. The predicted octanol–water partition coefficient (Wildman–Crippen LogP) is 1.86. The number of hydrogen-bond donors (Lipinski definition) is 5. The molecule has 1 aliphatic rings. The van der Waals surface area contributed by atoms with Gasteiger partial charge in [-0.05, 0) is 23.3 Å². The van der Waals surface area contributed by atoms with Crippen molar-refractivity contribution in [2.45, 2.75) is 44.6 Å². The Labute approximate surface area is 246 Å². The Hall–Kier alpha value is -4.04. The highest BCUT2D eigenvalue weighted by Gasteiger charge is 2.44. The Kier molecular flexibility index (Phi) is 9.64. The fraction of sp³-hybridized carbons (Fsp3) is 0.345. The summed E-state index contributed by atoms with van der Waals surface area (Å²) in [7, 11) is 0. The molecule has 2 aromatic heterocycles. The number of hydrogen-bond acceptors (Lipinski definition) is 10. The topological polar surface area (TPSA) is 164 Å². The number of aliphatic hydroxyl groups is 2. The summed E-state index contributed by atoms with van der Waals surface area (Å²) in [5.41, 5.74) is 3.49. The zero-order chi connectivity index (χ0) is 29.5. The lowest BCUT2D eigenvalue weighted by atomic mass is 10.1. The van der Waals surface area contributed by atoms with Gasteiger partial charge in [-0.25, -0.2) is 15.0 Å². The molecule has 0 spiro atoms. The fourth-order valence-corrected chi connectivity index (χ4v) is 5.52. The number of rotatable bonds is 12. The van der Waals surface area contributed by atoms with Crippen LogP contribution in [0, 0.1) is 0 Å². The molecule has 0 unspecified atom stereocenters. The molecule has 1 saturated heterocycles. The van der Waals surface area contributed by atoms with E-state index in [-0.39, 0.29) is 11.8 Å². The van der Waals surface area contributed by atoms with Crippen LogP contribution in [0.15, 0.2) is 67.3 Å². The lowest BCUT2D eigenvalue weighted by Crippen LogP contribution is -2.33. The lowest BCUT2D eigenvalue weighted by Gasteiger charge is -2.16. The van der Waals surface area contributed by atoms with Gasteiger partial charge in [0.05, 0.1) is 12.4 Å². The van der Waals surface area contributed by atoms with Crippen molar-refractivity contribution >= 4 is 40.6 Å². The summed E-state index contributed by atoms with van der Waals surface area (Å²) in [6.45, 7) is 2.87. The first-order valence-electron chi connectivity index (χ1n) is 13.6. The van der Waals surface area contributed by atoms with E-state index in [1.165, 1.54) is 31.3 Å². The Balaban J connectivity index is 1.18. The van der Waals surface area contributed by atoms with E-state index in [9.17, 15) is 19.8 Å². The number of thioether (sulfide) groups is 1. The van der Waals surface area contributed by atoms with E-state index in [0.717, 1.165) is 11.1 Å². The van der Waals surface area contributed by atoms with Gasteiger partial charge in [0.15, 0.2) is 23.2 Å². The van der Waals surface area contributed by atoms with Crippen LogP contribution in [0.3, 0.4) is 0 Å². The summed E-state index contributed by atoms with van der Waals surface area (Å²) >= 11 is 1.52. The predicted molar refractivity (Wildman–Crippen MR) is 159 cm³/mol. The number of carbonyl (C=O) groups excluding carboxylic acids is 2. The maximum Gasteiger partial charge on any atom is 0.251 e. The molecule has 1 fully saturated rings. The van der Waals surface area contributed by atoms with Crippen LogP contribution in [-0.2, 0) is 22.6 Å². The highest BCUT2D eigenvalue weighted by atomic mass is 32.2. The molecule has 3 heterocycles. The van der Waals surface area contributed by atoms with Crippen molar-refractivity contribution < 1.29 is 24.5 Å². The summed E-state index contributed by atoms with van der Waals surface area (Å²) in [6, 6.07) is 17.0. The molecule has 220 valence electrons. The van der Waals surface area contributed by atoms with Crippen molar-refractivity contribution in [3.63, 3.8) is 0 Å². The van der Waals surface area contributed by atoms with Crippen LogP contribution in [-0.4, -0.2) is 77.9 Å². The zero-order valence-corrected chi connectivity index (χ0v) is 23.8. The van der Waals surface area contributed by atoms with Crippen molar-refractivity contribution in [2.24, 2.45) is 0 Å². The highest BCUT2D eigenvalue weighted by Crippen LogP contribution is 2.33. The number of nitrogens with one attached hydrogen (secondary N) is 3. The van der Waals surface area contributed by atoms with Crippen LogP contribution in [0.5, 0.6) is 0 Å². The number of aromatic nitrogens is 4. The minimum atomic E-state index is -1.17. The van der Waals surface area contributed by atoms with Crippen molar-refractivity contribution in [1.82, 2.24) is 30.2 Å². The number of ether oxygens (including phenoxy) is 1. The normalized spacial score (nSPS) is 20.0. The zero-order valence-electron chi connectivity index (χ0n) is 23.0. The first-order chi connectivity index (χ1) is 20.4. The van der Waals surface area contributed by atoms with Crippen LogP contribution >= 0.6 is 11.8 Å². The van der Waals surface area contributed by atoms with Gasteiger partial charge in [-0.2, -0.15) is 11.8 Å². The van der Waals surface area contributed by atoms with E-state index in [1.807, 2.05) is 42.5 Å². The molecule has 12 nitrogen and oxygen atoms in total. The number of carbonyl (C=O) groups is 2. The molecule has 0 radical (unpaired) electrons. The smallest absolute Gasteiger partial charge is 0.251 e. The minimum Gasteiger partial charge on any atom is -0.387 e. The summed E-state index contributed by atoms with van der Waals surface area (Å²) < 4.78 is 7.61. The Bertz CT molecular complexity index is 1500. The lowest BCUT2D eigenvalue weighted by molar-refractivity contribution is -0.118. The van der Waals surface area contributed by atoms with E-state index >= 15 is 0 Å². The standard InChI is InChI=1S/C29H33N7O5S/c1-18(37)30-11-12-42-15-22-24(38)25(39)29(41-22)36-17-35-23-26(33-16-34-27(23)36)31-13-20-7-9-21(10-8-20)28(40)32-14-19-5-3-2-4-6-19/h2-10,16-17,22,24-25,29,38-39H,11-15H2,1H3,(H,30,37)(H,32,40)(H,31,33,34)/t22-,24-,25-,29-/m1/s1. The van der Waals surface area contributed by atoms with Gasteiger partial charge >= 0.3 is 0 Å². The quantitative estimate of drug-likeness (QED) is 0.154. The molecule has 0 aliphatic carbocycles. The van der Waals surface area contributed by atoms with E-state index in [0.29, 0.717) is 53.7 Å². The molecule has 0 bridgehead atoms. The number of amides is 2. The molecule has 2 aromatic carbocycles. The number of aliphatic hydroxyl groups excluding tert-OH is 2. The van der Waals surface area contributed by atoms with E-state index < -0.39 is 24.5 Å². The van der Waals surface area contributed by atoms with E-state index in [4.69, 9.17) is 4.74 Å². The van der Waals surface area contributed by atoms with Gasteiger partial charge in [0.25, 0.3) is 5.91 Å². The highest BCUT2D eigenvalue weighted by molar-refractivity contribution is 7.99. The summed E-state index contributed by atoms with van der Waals surface area (Å²) in [5, 5.41) is 30.2. The van der Waals surface area contributed by atoms with Gasteiger partial charge < -0.3 is 30.9 Å². The van der Waals surface area contributed by atoms with Crippen molar-refractivity contribution in [2.75, 3.05) is 23.4 Å². The van der Waals surface area contributed by atoms with E-state index in [2.05, 4.69) is 30.9 Å². The number of anilines is 1. The van der Waals surface area contributed by atoms with Gasteiger partial charge in [-0.1, -0.05) is 42.5 Å². The van der Waals surface area contributed by atoms with Crippen molar-refractivity contribution in [3.8, 4) is 0 Å².